The van der Waals surface area contributed by atoms with Gasteiger partial charge in [-0.05, 0) is 32.0 Å². The molecule has 3 rings (SSSR count). The highest BCUT2D eigenvalue weighted by Gasteiger charge is 2.32. The van der Waals surface area contributed by atoms with E-state index in [9.17, 15) is 9.59 Å². The second-order valence-electron chi connectivity index (χ2n) is 7.18. The maximum Gasteiger partial charge on any atom is 0.276 e. The summed E-state index contributed by atoms with van der Waals surface area (Å²) in [5.74, 6) is 1.05. The summed E-state index contributed by atoms with van der Waals surface area (Å²) in [6, 6.07) is 10.3. The largest absolute Gasteiger partial charge is 0.497 e. The Hall–Kier alpha value is -3.42. The van der Waals surface area contributed by atoms with Crippen molar-refractivity contribution >= 4 is 11.8 Å². The van der Waals surface area contributed by atoms with Crippen LogP contribution in [0, 0.1) is 0 Å². The van der Waals surface area contributed by atoms with Gasteiger partial charge in [0.25, 0.3) is 11.8 Å². The maximum absolute atomic E-state index is 12.3. The van der Waals surface area contributed by atoms with Crippen molar-refractivity contribution in [2.24, 2.45) is 0 Å². The lowest BCUT2D eigenvalue weighted by Gasteiger charge is -2.18. The van der Waals surface area contributed by atoms with Gasteiger partial charge in [0.2, 0.25) is 0 Å². The van der Waals surface area contributed by atoms with Crippen molar-refractivity contribution in [2.75, 3.05) is 20.8 Å². The first-order chi connectivity index (χ1) is 13.8. The van der Waals surface area contributed by atoms with Crippen molar-refractivity contribution in [3.63, 3.8) is 0 Å². The van der Waals surface area contributed by atoms with Gasteiger partial charge >= 0.3 is 0 Å². The molecule has 0 spiro atoms. The fourth-order valence-corrected chi connectivity index (χ4v) is 3.02. The summed E-state index contributed by atoms with van der Waals surface area (Å²) in [6.07, 6.45) is 0.770. The molecule has 29 heavy (non-hydrogen) atoms. The third-order valence-electron chi connectivity index (χ3n) is 4.34. The average molecular weight is 400 g/mol. The number of rotatable bonds is 6. The molecule has 1 aliphatic heterocycles. The van der Waals surface area contributed by atoms with Gasteiger partial charge in [-0.25, -0.2) is 0 Å². The molecule has 0 atom stereocenters. The summed E-state index contributed by atoms with van der Waals surface area (Å²) in [7, 11) is 2.97. The van der Waals surface area contributed by atoms with Gasteiger partial charge in [-0.15, -0.1) is 0 Å². The Morgan fingerprint density at radius 1 is 1.07 bits per heavy atom. The Labute approximate surface area is 169 Å². The molecule has 0 aromatic heterocycles. The Morgan fingerprint density at radius 3 is 2.41 bits per heavy atom. The molecule has 1 aliphatic rings. The van der Waals surface area contributed by atoms with E-state index in [-0.39, 0.29) is 17.8 Å². The molecule has 8 nitrogen and oxygen atoms in total. The zero-order valence-electron chi connectivity index (χ0n) is 16.8. The molecule has 0 radical (unpaired) electrons. The smallest absolute Gasteiger partial charge is 0.276 e. The van der Waals surface area contributed by atoms with Crippen LogP contribution in [0.1, 0.15) is 29.8 Å². The lowest BCUT2D eigenvalue weighted by atomic mass is 10.0. The Kier molecular flexibility index (Phi) is 5.81. The molecule has 1 heterocycles. The molecular formula is C21H24N2O6. The number of methoxy groups -OCH3 is 2. The van der Waals surface area contributed by atoms with Crippen molar-refractivity contribution in [3.05, 3.63) is 47.5 Å². The van der Waals surface area contributed by atoms with Crippen LogP contribution in [0.5, 0.6) is 23.0 Å². The molecule has 0 saturated carbocycles. The number of nitrogens with one attached hydrogen (secondary N) is 2. The molecule has 0 fully saturated rings. The standard InChI is InChI=1S/C21H24N2O6/c1-21(2)11-13-6-5-7-17(19(13)29-21)28-12-18(24)22-23-20(25)14-8-15(26-3)10-16(9-14)27-4/h5-10H,11-12H2,1-4H3,(H,22,24)(H,23,25). The van der Waals surface area contributed by atoms with Gasteiger partial charge < -0.3 is 18.9 Å². The van der Waals surface area contributed by atoms with E-state index in [2.05, 4.69) is 10.9 Å². The molecule has 2 amide bonds. The molecule has 0 bridgehead atoms. The number of benzene rings is 2. The molecule has 2 aromatic carbocycles. The van der Waals surface area contributed by atoms with Gasteiger partial charge in [0.1, 0.15) is 17.1 Å². The van der Waals surface area contributed by atoms with Crippen LogP contribution in [0.15, 0.2) is 36.4 Å². The number of amides is 2. The molecule has 0 aliphatic carbocycles. The number of para-hydroxylation sites is 1. The monoisotopic (exact) mass is 400 g/mol. The van der Waals surface area contributed by atoms with Crippen molar-refractivity contribution in [2.45, 2.75) is 25.9 Å². The fraction of sp³-hybridized carbons (Fsp3) is 0.333. The predicted octanol–water partition coefficient (Wildman–Crippen LogP) is 2.26. The number of hydrazine groups is 1. The van der Waals surface area contributed by atoms with Crippen LogP contribution in [0.3, 0.4) is 0 Å². The minimum absolute atomic E-state index is 0.276. The van der Waals surface area contributed by atoms with E-state index in [1.807, 2.05) is 26.0 Å². The molecule has 2 aromatic rings. The highest BCUT2D eigenvalue weighted by molar-refractivity contribution is 5.96. The lowest BCUT2D eigenvalue weighted by molar-refractivity contribution is -0.123. The van der Waals surface area contributed by atoms with Gasteiger partial charge in [-0.3, -0.25) is 20.4 Å². The normalized spacial score (nSPS) is 13.7. The van der Waals surface area contributed by atoms with Crippen molar-refractivity contribution in [1.29, 1.82) is 0 Å². The van der Waals surface area contributed by atoms with E-state index in [0.29, 0.717) is 23.0 Å². The zero-order valence-corrected chi connectivity index (χ0v) is 16.8. The highest BCUT2D eigenvalue weighted by atomic mass is 16.5. The molecule has 2 N–H and O–H groups in total. The van der Waals surface area contributed by atoms with Gasteiger partial charge in [-0.1, -0.05) is 12.1 Å². The first-order valence-electron chi connectivity index (χ1n) is 9.07. The molecule has 0 saturated heterocycles. The van der Waals surface area contributed by atoms with Gasteiger partial charge in [-0.2, -0.15) is 0 Å². The van der Waals surface area contributed by atoms with Crippen molar-refractivity contribution < 1.29 is 28.5 Å². The topological polar surface area (TPSA) is 95.1 Å². The Balaban J connectivity index is 1.55. The molecular weight excluding hydrogens is 376 g/mol. The van der Waals surface area contributed by atoms with Crippen LogP contribution in [0.4, 0.5) is 0 Å². The van der Waals surface area contributed by atoms with E-state index in [1.54, 1.807) is 12.1 Å². The number of carbonyl (C=O) groups is 2. The van der Waals surface area contributed by atoms with Gasteiger partial charge in [0.15, 0.2) is 18.1 Å². The van der Waals surface area contributed by atoms with E-state index in [0.717, 1.165) is 12.0 Å². The summed E-state index contributed by atoms with van der Waals surface area (Å²) in [5.41, 5.74) is 5.67. The zero-order chi connectivity index (χ0) is 21.0. The lowest BCUT2D eigenvalue weighted by Crippen LogP contribution is -2.43. The van der Waals surface area contributed by atoms with Crippen LogP contribution in [0.2, 0.25) is 0 Å². The van der Waals surface area contributed by atoms with Crippen molar-refractivity contribution in [3.8, 4) is 23.0 Å². The fourth-order valence-electron chi connectivity index (χ4n) is 3.02. The number of carbonyl (C=O) groups excluding carboxylic acids is 2. The number of fused-ring (bicyclic) bond motifs is 1. The summed E-state index contributed by atoms with van der Waals surface area (Å²) >= 11 is 0. The highest BCUT2D eigenvalue weighted by Crippen LogP contribution is 2.41. The minimum atomic E-state index is -0.513. The summed E-state index contributed by atoms with van der Waals surface area (Å²) < 4.78 is 21.8. The van der Waals surface area contributed by atoms with E-state index in [1.165, 1.54) is 26.4 Å². The number of ether oxygens (including phenoxy) is 4. The van der Waals surface area contributed by atoms with Crippen LogP contribution in [-0.2, 0) is 11.2 Å². The van der Waals surface area contributed by atoms with Crippen molar-refractivity contribution in [1.82, 2.24) is 10.9 Å². The number of hydrogen-bond donors (Lipinski definition) is 2. The maximum atomic E-state index is 12.3. The second-order valence-corrected chi connectivity index (χ2v) is 7.18. The first kappa shape index (κ1) is 20.3. The summed E-state index contributed by atoms with van der Waals surface area (Å²) in [6.45, 7) is 3.71. The Morgan fingerprint density at radius 2 is 1.76 bits per heavy atom. The predicted molar refractivity (Wildman–Crippen MR) is 106 cm³/mol. The minimum Gasteiger partial charge on any atom is -0.497 e. The van der Waals surface area contributed by atoms with Crippen LogP contribution < -0.4 is 29.8 Å². The van der Waals surface area contributed by atoms with E-state index < -0.39 is 11.8 Å². The molecule has 154 valence electrons. The third kappa shape index (κ3) is 4.90. The van der Waals surface area contributed by atoms with E-state index in [4.69, 9.17) is 18.9 Å². The second kappa shape index (κ2) is 8.30. The van der Waals surface area contributed by atoms with Gasteiger partial charge in [0.05, 0.1) is 14.2 Å². The van der Waals surface area contributed by atoms with Crippen LogP contribution >= 0.6 is 0 Å². The molecule has 8 heteroatoms. The summed E-state index contributed by atoms with van der Waals surface area (Å²) in [5, 5.41) is 0. The van der Waals surface area contributed by atoms with Crippen LogP contribution in [-0.4, -0.2) is 38.2 Å². The van der Waals surface area contributed by atoms with Crippen LogP contribution in [0.25, 0.3) is 0 Å². The SMILES string of the molecule is COc1cc(OC)cc(C(=O)NNC(=O)COc2cccc3c2OC(C)(C)C3)c1. The Bertz CT molecular complexity index is 903. The average Bonchev–Trinajstić information content (AvgIpc) is 3.04. The first-order valence-corrected chi connectivity index (χ1v) is 9.07. The van der Waals surface area contributed by atoms with E-state index >= 15 is 0 Å². The molecule has 0 unspecified atom stereocenters. The van der Waals surface area contributed by atoms with Gasteiger partial charge in [0, 0.05) is 23.6 Å². The number of hydrogen-bond acceptors (Lipinski definition) is 6. The quantitative estimate of drug-likeness (QED) is 0.723. The third-order valence-corrected chi connectivity index (χ3v) is 4.34. The summed E-state index contributed by atoms with van der Waals surface area (Å²) in [4.78, 5) is 24.4.